The summed E-state index contributed by atoms with van der Waals surface area (Å²) in [6, 6.07) is 4.46. The Hall–Kier alpha value is -2.41. The van der Waals surface area contributed by atoms with Gasteiger partial charge in [-0.3, -0.25) is 19.6 Å². The fourth-order valence-corrected chi connectivity index (χ4v) is 2.68. The summed E-state index contributed by atoms with van der Waals surface area (Å²) in [4.78, 5) is 24.9. The Kier molecular flexibility index (Phi) is 4.53. The largest absolute Gasteiger partial charge is 0.310 e. The van der Waals surface area contributed by atoms with Crippen LogP contribution in [0.2, 0.25) is 5.02 Å². The van der Waals surface area contributed by atoms with E-state index in [4.69, 9.17) is 11.6 Å². The zero-order valence-corrected chi connectivity index (χ0v) is 13.9. The molecule has 0 atom stereocenters. The summed E-state index contributed by atoms with van der Waals surface area (Å²) in [6.07, 6.45) is 5.61. The van der Waals surface area contributed by atoms with Crippen molar-refractivity contribution in [2.45, 2.75) is 26.3 Å². The molecule has 0 unspecified atom stereocenters. The second kappa shape index (κ2) is 6.60. The highest BCUT2D eigenvalue weighted by Crippen LogP contribution is 2.34. The third-order valence-corrected chi connectivity index (χ3v) is 4.26. The number of nitrogens with zero attached hydrogens (tertiary/aromatic N) is 4. The number of nitro groups is 1. The number of aromatic nitrogens is 2. The number of nitro benzene ring substituents is 1. The Balaban J connectivity index is 1.86. The van der Waals surface area contributed by atoms with E-state index in [9.17, 15) is 14.9 Å². The SMILES string of the molecule is Cc1cnn(CC(=O)N(CC2CC2)c2ccc(Cl)c([N+](=O)[O-])c2)c1. The van der Waals surface area contributed by atoms with Gasteiger partial charge in [0.15, 0.2) is 0 Å². The van der Waals surface area contributed by atoms with E-state index < -0.39 is 4.92 Å². The molecule has 0 bridgehead atoms. The highest BCUT2D eigenvalue weighted by atomic mass is 35.5. The van der Waals surface area contributed by atoms with Crippen molar-refractivity contribution < 1.29 is 9.72 Å². The molecule has 1 aliphatic carbocycles. The van der Waals surface area contributed by atoms with Crippen LogP contribution in [0, 0.1) is 23.0 Å². The van der Waals surface area contributed by atoms with Gasteiger partial charge in [-0.05, 0) is 43.4 Å². The number of amides is 1. The molecule has 1 saturated carbocycles. The normalized spacial score (nSPS) is 13.8. The van der Waals surface area contributed by atoms with Gasteiger partial charge in [0.1, 0.15) is 11.6 Å². The lowest BCUT2D eigenvalue weighted by molar-refractivity contribution is -0.384. The van der Waals surface area contributed by atoms with E-state index >= 15 is 0 Å². The van der Waals surface area contributed by atoms with Crippen molar-refractivity contribution in [3.8, 4) is 0 Å². The number of carbonyl (C=O) groups excluding carboxylic acids is 1. The van der Waals surface area contributed by atoms with Crippen LogP contribution in [0.15, 0.2) is 30.6 Å². The first-order valence-corrected chi connectivity index (χ1v) is 8.05. The van der Waals surface area contributed by atoms with Crippen LogP contribution in [-0.2, 0) is 11.3 Å². The predicted molar refractivity (Wildman–Crippen MR) is 90.1 cm³/mol. The summed E-state index contributed by atoms with van der Waals surface area (Å²) >= 11 is 5.87. The van der Waals surface area contributed by atoms with Crippen LogP contribution in [0.4, 0.5) is 11.4 Å². The average Bonchev–Trinajstić information content (AvgIpc) is 3.26. The van der Waals surface area contributed by atoms with Crippen molar-refractivity contribution in [1.82, 2.24) is 9.78 Å². The van der Waals surface area contributed by atoms with Gasteiger partial charge in [-0.15, -0.1) is 0 Å². The lowest BCUT2D eigenvalue weighted by Crippen LogP contribution is -2.35. The van der Waals surface area contributed by atoms with Crippen LogP contribution in [0.25, 0.3) is 0 Å². The van der Waals surface area contributed by atoms with E-state index in [0.29, 0.717) is 18.2 Å². The number of benzene rings is 1. The molecule has 24 heavy (non-hydrogen) atoms. The van der Waals surface area contributed by atoms with Crippen LogP contribution in [0.5, 0.6) is 0 Å². The van der Waals surface area contributed by atoms with E-state index in [1.807, 2.05) is 6.92 Å². The molecule has 0 N–H and O–H groups in total. The predicted octanol–water partition coefficient (Wildman–Crippen LogP) is 3.20. The first kappa shape index (κ1) is 16.4. The van der Waals surface area contributed by atoms with Crippen LogP contribution in [0.3, 0.4) is 0 Å². The molecule has 2 aromatic rings. The maximum absolute atomic E-state index is 12.7. The summed E-state index contributed by atoms with van der Waals surface area (Å²) < 4.78 is 1.57. The molecule has 0 spiro atoms. The fraction of sp³-hybridized carbons (Fsp3) is 0.375. The third kappa shape index (κ3) is 3.73. The fourth-order valence-electron chi connectivity index (χ4n) is 2.50. The molecule has 0 aliphatic heterocycles. The van der Waals surface area contributed by atoms with E-state index in [1.165, 1.54) is 12.1 Å². The third-order valence-electron chi connectivity index (χ3n) is 3.94. The highest BCUT2D eigenvalue weighted by molar-refractivity contribution is 6.32. The summed E-state index contributed by atoms with van der Waals surface area (Å²) in [5.41, 5.74) is 1.27. The second-order valence-corrected chi connectivity index (χ2v) is 6.46. The van der Waals surface area contributed by atoms with Gasteiger partial charge in [-0.2, -0.15) is 5.10 Å². The first-order chi connectivity index (χ1) is 11.4. The number of anilines is 1. The Morgan fingerprint density at radius 3 is 2.83 bits per heavy atom. The van der Waals surface area contributed by atoms with E-state index in [1.54, 1.807) is 28.0 Å². The minimum Gasteiger partial charge on any atom is -0.310 e. The molecule has 1 aliphatic rings. The molecule has 1 fully saturated rings. The number of hydrogen-bond acceptors (Lipinski definition) is 4. The van der Waals surface area contributed by atoms with Crippen LogP contribution >= 0.6 is 11.6 Å². The number of aryl methyl sites for hydroxylation is 1. The quantitative estimate of drug-likeness (QED) is 0.593. The van der Waals surface area contributed by atoms with E-state index in [2.05, 4.69) is 5.10 Å². The van der Waals surface area contributed by atoms with Crippen LogP contribution in [-0.4, -0.2) is 27.2 Å². The maximum Gasteiger partial charge on any atom is 0.289 e. The molecule has 126 valence electrons. The molecule has 1 amide bonds. The number of halogens is 1. The van der Waals surface area contributed by atoms with Gasteiger partial charge in [0.25, 0.3) is 5.69 Å². The lowest BCUT2D eigenvalue weighted by atomic mass is 10.2. The van der Waals surface area contributed by atoms with Crippen LogP contribution in [0.1, 0.15) is 18.4 Å². The summed E-state index contributed by atoms with van der Waals surface area (Å²) in [7, 11) is 0. The molecule has 7 nitrogen and oxygen atoms in total. The van der Waals surface area contributed by atoms with Crippen LogP contribution < -0.4 is 4.90 Å². The number of rotatable bonds is 6. The number of hydrogen-bond donors (Lipinski definition) is 0. The molecular formula is C16H17ClN4O3. The van der Waals surface area contributed by atoms with Gasteiger partial charge < -0.3 is 4.90 Å². The van der Waals surface area contributed by atoms with Gasteiger partial charge in [0.2, 0.25) is 5.91 Å². The standard InChI is InChI=1S/C16H17ClN4O3/c1-11-7-18-19(8-11)10-16(22)20(9-12-2-3-12)13-4-5-14(17)15(6-13)21(23)24/h4-8,12H,2-3,9-10H2,1H3. The molecule has 3 rings (SSSR count). The Morgan fingerprint density at radius 1 is 1.50 bits per heavy atom. The summed E-state index contributed by atoms with van der Waals surface area (Å²) in [5, 5.41) is 15.3. The Labute approximate surface area is 144 Å². The van der Waals surface area contributed by atoms with E-state index in [0.717, 1.165) is 18.4 Å². The number of carbonyl (C=O) groups is 1. The molecule has 1 aromatic heterocycles. The topological polar surface area (TPSA) is 81.3 Å². The molecule has 0 radical (unpaired) electrons. The Morgan fingerprint density at radius 2 is 2.25 bits per heavy atom. The van der Waals surface area contributed by atoms with Crippen molar-refractivity contribution in [1.29, 1.82) is 0 Å². The minimum atomic E-state index is -0.539. The van der Waals surface area contributed by atoms with Crippen molar-refractivity contribution in [2.24, 2.45) is 5.92 Å². The van der Waals surface area contributed by atoms with Gasteiger partial charge in [-0.25, -0.2) is 0 Å². The summed E-state index contributed by atoms with van der Waals surface area (Å²) in [6.45, 7) is 2.55. The first-order valence-electron chi connectivity index (χ1n) is 7.67. The zero-order chi connectivity index (χ0) is 17.3. The maximum atomic E-state index is 12.7. The van der Waals surface area contributed by atoms with Crippen molar-refractivity contribution in [2.75, 3.05) is 11.4 Å². The zero-order valence-electron chi connectivity index (χ0n) is 13.2. The minimum absolute atomic E-state index is 0.0604. The van der Waals surface area contributed by atoms with Gasteiger partial charge >= 0.3 is 0 Å². The second-order valence-electron chi connectivity index (χ2n) is 6.06. The van der Waals surface area contributed by atoms with Gasteiger partial charge in [0, 0.05) is 18.8 Å². The monoisotopic (exact) mass is 348 g/mol. The molecule has 1 heterocycles. The van der Waals surface area contributed by atoms with Crippen molar-refractivity contribution in [3.05, 3.63) is 51.3 Å². The lowest BCUT2D eigenvalue weighted by Gasteiger charge is -2.23. The average molecular weight is 349 g/mol. The van der Waals surface area contributed by atoms with Crippen molar-refractivity contribution in [3.63, 3.8) is 0 Å². The molecular weight excluding hydrogens is 332 g/mol. The van der Waals surface area contributed by atoms with E-state index in [-0.39, 0.29) is 23.2 Å². The summed E-state index contributed by atoms with van der Waals surface area (Å²) in [5.74, 6) is 0.296. The smallest absolute Gasteiger partial charge is 0.289 e. The molecule has 1 aromatic carbocycles. The highest BCUT2D eigenvalue weighted by Gasteiger charge is 2.29. The molecule has 0 saturated heterocycles. The van der Waals surface area contributed by atoms with Crippen molar-refractivity contribution >= 4 is 28.9 Å². The van der Waals surface area contributed by atoms with Gasteiger partial charge in [-0.1, -0.05) is 11.6 Å². The van der Waals surface area contributed by atoms with Gasteiger partial charge in [0.05, 0.1) is 16.8 Å². The Bertz CT molecular complexity index is 785. The molecule has 8 heteroatoms.